The van der Waals surface area contributed by atoms with Gasteiger partial charge in [0.25, 0.3) is 5.91 Å². The molecule has 26 heavy (non-hydrogen) atoms. The number of carbonyl (C=O) groups excluding carboxylic acids is 4. The minimum Gasteiger partial charge on any atom is -0.338 e. The Bertz CT molecular complexity index is 717. The number of nitrogens with one attached hydrogen (secondary N) is 1. The molecule has 140 valence electrons. The summed E-state index contributed by atoms with van der Waals surface area (Å²) in [6, 6.07) is 4.63. The van der Waals surface area contributed by atoms with E-state index in [2.05, 4.69) is 5.32 Å². The molecule has 0 saturated heterocycles. The molecule has 0 radical (unpaired) electrons. The van der Waals surface area contributed by atoms with Gasteiger partial charge in [0.1, 0.15) is 6.29 Å². The highest BCUT2D eigenvalue weighted by atomic mass is 16.2. The summed E-state index contributed by atoms with van der Waals surface area (Å²) in [5.74, 6) is -0.331. The standard InChI is InChI=1S/C19H25N3O4/c1-4-20-19(26)21(3)11-14-7-5-8-15-16(14)12-22(18(15)25)17(13(2)24)9-6-10-23/h5,7-8,10,17H,4,6,9,11-12H2,1-3H3,(H,20,26). The minimum absolute atomic E-state index is 0.131. The number of benzene rings is 1. The molecule has 1 aromatic carbocycles. The molecule has 1 aliphatic heterocycles. The lowest BCUT2D eigenvalue weighted by Crippen LogP contribution is -2.40. The van der Waals surface area contributed by atoms with Crippen molar-refractivity contribution in [3.63, 3.8) is 0 Å². The molecule has 0 saturated carbocycles. The van der Waals surface area contributed by atoms with Gasteiger partial charge in [-0.3, -0.25) is 9.59 Å². The zero-order valence-corrected chi connectivity index (χ0v) is 15.4. The zero-order chi connectivity index (χ0) is 19.3. The summed E-state index contributed by atoms with van der Waals surface area (Å²) in [4.78, 5) is 50.5. The number of hydrogen-bond acceptors (Lipinski definition) is 4. The SMILES string of the molecule is CCNC(=O)N(C)Cc1cccc2c1CN(C(CCC=O)C(C)=O)C2=O. The van der Waals surface area contributed by atoms with Gasteiger partial charge in [-0.15, -0.1) is 0 Å². The second-order valence-electron chi connectivity index (χ2n) is 6.44. The van der Waals surface area contributed by atoms with Crippen LogP contribution in [0.2, 0.25) is 0 Å². The molecule has 7 nitrogen and oxygen atoms in total. The average molecular weight is 359 g/mol. The molecular formula is C19H25N3O4. The zero-order valence-electron chi connectivity index (χ0n) is 15.4. The van der Waals surface area contributed by atoms with Gasteiger partial charge in [-0.2, -0.15) is 0 Å². The van der Waals surface area contributed by atoms with Gasteiger partial charge in [-0.05, 0) is 37.5 Å². The Labute approximate surface area is 153 Å². The van der Waals surface area contributed by atoms with E-state index in [9.17, 15) is 19.2 Å². The lowest BCUT2D eigenvalue weighted by Gasteiger charge is -2.25. The second-order valence-corrected chi connectivity index (χ2v) is 6.44. The smallest absolute Gasteiger partial charge is 0.317 e. The lowest BCUT2D eigenvalue weighted by molar-refractivity contribution is -0.121. The quantitative estimate of drug-likeness (QED) is 0.716. The molecule has 1 aromatic rings. The maximum atomic E-state index is 12.8. The summed E-state index contributed by atoms with van der Waals surface area (Å²) in [6.45, 7) is 4.52. The molecule has 0 aliphatic carbocycles. The number of urea groups is 1. The van der Waals surface area contributed by atoms with E-state index < -0.39 is 6.04 Å². The Balaban J connectivity index is 2.24. The highest BCUT2D eigenvalue weighted by molar-refractivity contribution is 6.01. The number of fused-ring (bicyclic) bond motifs is 1. The first-order valence-corrected chi connectivity index (χ1v) is 8.75. The summed E-state index contributed by atoms with van der Waals surface area (Å²) in [5, 5.41) is 2.74. The summed E-state index contributed by atoms with van der Waals surface area (Å²) in [6.07, 6.45) is 1.32. The van der Waals surface area contributed by atoms with E-state index >= 15 is 0 Å². The van der Waals surface area contributed by atoms with E-state index in [-0.39, 0.29) is 24.1 Å². The lowest BCUT2D eigenvalue weighted by atomic mass is 10.0. The van der Waals surface area contributed by atoms with Crippen molar-refractivity contribution in [1.82, 2.24) is 15.1 Å². The predicted octanol–water partition coefficient (Wildman–Crippen LogP) is 1.74. The van der Waals surface area contributed by atoms with Crippen LogP contribution in [0.15, 0.2) is 18.2 Å². The summed E-state index contributed by atoms with van der Waals surface area (Å²) in [7, 11) is 1.70. The number of Topliss-reactive ketones (excluding diaryl/α,β-unsaturated/α-hetero) is 1. The summed E-state index contributed by atoms with van der Waals surface area (Å²) >= 11 is 0. The molecule has 0 spiro atoms. The molecule has 0 aromatic heterocycles. The summed E-state index contributed by atoms with van der Waals surface area (Å²) < 4.78 is 0. The Morgan fingerprint density at radius 2 is 2.12 bits per heavy atom. The average Bonchev–Trinajstić information content (AvgIpc) is 2.93. The van der Waals surface area contributed by atoms with Crippen LogP contribution in [0.4, 0.5) is 4.79 Å². The van der Waals surface area contributed by atoms with Crippen LogP contribution in [0.3, 0.4) is 0 Å². The van der Waals surface area contributed by atoms with Crippen LogP contribution < -0.4 is 5.32 Å². The number of nitrogens with zero attached hydrogens (tertiary/aromatic N) is 2. The second kappa shape index (κ2) is 8.60. The van der Waals surface area contributed by atoms with Crippen molar-refractivity contribution in [3.8, 4) is 0 Å². The van der Waals surface area contributed by atoms with E-state index in [1.807, 2.05) is 13.0 Å². The van der Waals surface area contributed by atoms with Gasteiger partial charge in [0.15, 0.2) is 5.78 Å². The van der Waals surface area contributed by atoms with E-state index in [4.69, 9.17) is 0 Å². The molecule has 0 bridgehead atoms. The molecular weight excluding hydrogens is 334 g/mol. The molecule has 1 N–H and O–H groups in total. The fourth-order valence-corrected chi connectivity index (χ4v) is 3.24. The minimum atomic E-state index is -0.603. The van der Waals surface area contributed by atoms with Crippen LogP contribution in [-0.4, -0.2) is 53.4 Å². The van der Waals surface area contributed by atoms with Crippen LogP contribution in [0.1, 0.15) is 48.2 Å². The molecule has 1 unspecified atom stereocenters. The van der Waals surface area contributed by atoms with Crippen LogP contribution in [0.25, 0.3) is 0 Å². The van der Waals surface area contributed by atoms with Gasteiger partial charge < -0.3 is 19.9 Å². The van der Waals surface area contributed by atoms with Crippen LogP contribution in [0.5, 0.6) is 0 Å². The number of rotatable bonds is 8. The number of hydrogen-bond donors (Lipinski definition) is 1. The number of amides is 3. The Morgan fingerprint density at radius 1 is 1.38 bits per heavy atom. The van der Waals surface area contributed by atoms with Crippen molar-refractivity contribution in [3.05, 3.63) is 34.9 Å². The Kier molecular flexibility index (Phi) is 6.49. The maximum Gasteiger partial charge on any atom is 0.317 e. The predicted molar refractivity (Wildman–Crippen MR) is 96.6 cm³/mol. The first-order chi connectivity index (χ1) is 12.4. The van der Waals surface area contributed by atoms with Crippen LogP contribution in [-0.2, 0) is 22.7 Å². The first kappa shape index (κ1) is 19.6. The van der Waals surface area contributed by atoms with Crippen LogP contribution >= 0.6 is 0 Å². The van der Waals surface area contributed by atoms with Gasteiger partial charge >= 0.3 is 6.03 Å². The fraction of sp³-hybridized carbons (Fsp3) is 0.474. The fourth-order valence-electron chi connectivity index (χ4n) is 3.24. The number of ketones is 1. The van der Waals surface area contributed by atoms with Crippen LogP contribution in [0, 0.1) is 0 Å². The van der Waals surface area contributed by atoms with Crippen molar-refractivity contribution < 1.29 is 19.2 Å². The normalized spacial score (nSPS) is 14.0. The van der Waals surface area contributed by atoms with Crippen molar-refractivity contribution in [1.29, 1.82) is 0 Å². The van der Waals surface area contributed by atoms with E-state index in [1.165, 1.54) is 11.8 Å². The van der Waals surface area contributed by atoms with E-state index in [1.54, 1.807) is 24.1 Å². The summed E-state index contributed by atoms with van der Waals surface area (Å²) in [5.41, 5.74) is 2.28. The number of carbonyl (C=O) groups is 4. The van der Waals surface area contributed by atoms with Crippen molar-refractivity contribution >= 4 is 24.0 Å². The Hall–Kier alpha value is -2.70. The Morgan fingerprint density at radius 3 is 2.73 bits per heavy atom. The molecule has 1 aliphatic rings. The molecule has 0 fully saturated rings. The van der Waals surface area contributed by atoms with E-state index in [0.29, 0.717) is 31.6 Å². The highest BCUT2D eigenvalue weighted by Crippen LogP contribution is 2.29. The van der Waals surface area contributed by atoms with Gasteiger partial charge in [0.05, 0.1) is 6.04 Å². The molecule has 2 rings (SSSR count). The monoisotopic (exact) mass is 359 g/mol. The van der Waals surface area contributed by atoms with Gasteiger partial charge in [0, 0.05) is 38.7 Å². The van der Waals surface area contributed by atoms with Crippen molar-refractivity contribution in [2.45, 2.75) is 45.8 Å². The van der Waals surface area contributed by atoms with Crippen molar-refractivity contribution in [2.24, 2.45) is 0 Å². The molecule has 7 heteroatoms. The maximum absolute atomic E-state index is 12.8. The third-order valence-corrected chi connectivity index (χ3v) is 4.58. The first-order valence-electron chi connectivity index (χ1n) is 8.75. The van der Waals surface area contributed by atoms with Gasteiger partial charge in [0.2, 0.25) is 0 Å². The topological polar surface area (TPSA) is 86.8 Å². The van der Waals surface area contributed by atoms with Crippen molar-refractivity contribution in [2.75, 3.05) is 13.6 Å². The highest BCUT2D eigenvalue weighted by Gasteiger charge is 2.35. The third-order valence-electron chi connectivity index (χ3n) is 4.58. The third kappa shape index (κ3) is 4.09. The van der Waals surface area contributed by atoms with E-state index in [0.717, 1.165) is 17.4 Å². The van der Waals surface area contributed by atoms with Gasteiger partial charge in [-0.25, -0.2) is 4.79 Å². The van der Waals surface area contributed by atoms with Gasteiger partial charge in [-0.1, -0.05) is 12.1 Å². The molecule has 3 amide bonds. The largest absolute Gasteiger partial charge is 0.338 e. The molecule has 1 atom stereocenters. The number of aldehydes is 1. The molecule has 1 heterocycles.